The highest BCUT2D eigenvalue weighted by atomic mass is 32.2. The Labute approximate surface area is 120 Å². The third kappa shape index (κ3) is 4.16. The highest BCUT2D eigenvalue weighted by Gasteiger charge is 2.19. The maximum atomic E-state index is 12.5. The van der Waals surface area contributed by atoms with Crippen LogP contribution in [0.5, 0.6) is 0 Å². The van der Waals surface area contributed by atoms with Crippen LogP contribution in [0.4, 0.5) is 5.69 Å². The van der Waals surface area contributed by atoms with Gasteiger partial charge in [0.1, 0.15) is 0 Å². The van der Waals surface area contributed by atoms with Crippen LogP contribution in [0.25, 0.3) is 0 Å². The zero-order valence-corrected chi connectivity index (χ0v) is 13.3. The lowest BCUT2D eigenvalue weighted by Crippen LogP contribution is -2.35. The van der Waals surface area contributed by atoms with E-state index in [1.165, 1.54) is 0 Å². The molecule has 1 amide bonds. The number of carbonyl (C=O) groups is 1. The third-order valence-electron chi connectivity index (χ3n) is 3.40. The van der Waals surface area contributed by atoms with E-state index in [2.05, 4.69) is 18.5 Å². The molecule has 0 aromatic heterocycles. The lowest BCUT2D eigenvalue weighted by molar-refractivity contribution is 0.0742. The van der Waals surface area contributed by atoms with Crippen molar-refractivity contribution >= 4 is 23.4 Å². The van der Waals surface area contributed by atoms with Crippen molar-refractivity contribution in [2.45, 2.75) is 26.3 Å². The van der Waals surface area contributed by atoms with E-state index >= 15 is 0 Å². The molecule has 1 rings (SSSR count). The molecule has 1 atom stereocenters. The van der Waals surface area contributed by atoms with Crippen LogP contribution in [0.3, 0.4) is 0 Å². The van der Waals surface area contributed by atoms with Crippen LogP contribution in [0.2, 0.25) is 0 Å². The van der Waals surface area contributed by atoms with Gasteiger partial charge in [0, 0.05) is 25.8 Å². The van der Waals surface area contributed by atoms with Gasteiger partial charge in [-0.2, -0.15) is 11.8 Å². The molecule has 1 N–H and O–H groups in total. The van der Waals surface area contributed by atoms with Gasteiger partial charge in [-0.15, -0.1) is 0 Å². The quantitative estimate of drug-likeness (QED) is 0.868. The van der Waals surface area contributed by atoms with Crippen molar-refractivity contribution in [2.24, 2.45) is 0 Å². The minimum Gasteiger partial charge on any atom is -0.387 e. The Hall–Kier alpha value is -1.16. The van der Waals surface area contributed by atoms with Crippen molar-refractivity contribution in [3.8, 4) is 0 Å². The van der Waals surface area contributed by atoms with Crippen LogP contribution in [0, 0.1) is 6.92 Å². The Morgan fingerprint density at radius 2 is 2.16 bits per heavy atom. The van der Waals surface area contributed by atoms with Gasteiger partial charge in [0.15, 0.2) is 0 Å². The standard InChI is InChI=1S/C15H24N2OS/c1-11-6-7-13(14(10-11)16-3)15(18)17(4)12(2)8-9-19-5/h6-7,10,12,16H,8-9H2,1-5H3. The molecule has 106 valence electrons. The molecule has 1 aromatic carbocycles. The van der Waals surface area contributed by atoms with Crippen molar-refractivity contribution in [1.29, 1.82) is 0 Å². The van der Waals surface area contributed by atoms with E-state index in [1.807, 2.05) is 55.9 Å². The number of anilines is 1. The molecule has 0 fully saturated rings. The largest absolute Gasteiger partial charge is 0.387 e. The lowest BCUT2D eigenvalue weighted by Gasteiger charge is -2.26. The highest BCUT2D eigenvalue weighted by molar-refractivity contribution is 7.98. The summed E-state index contributed by atoms with van der Waals surface area (Å²) in [5.74, 6) is 1.16. The first-order valence-corrected chi connectivity index (χ1v) is 7.95. The number of nitrogens with one attached hydrogen (secondary N) is 1. The van der Waals surface area contributed by atoms with Crippen LogP contribution in [0.15, 0.2) is 18.2 Å². The Morgan fingerprint density at radius 3 is 2.74 bits per heavy atom. The van der Waals surface area contributed by atoms with E-state index in [-0.39, 0.29) is 11.9 Å². The van der Waals surface area contributed by atoms with Crippen LogP contribution >= 0.6 is 11.8 Å². The van der Waals surface area contributed by atoms with Gasteiger partial charge >= 0.3 is 0 Å². The third-order valence-corrected chi connectivity index (χ3v) is 4.04. The molecule has 1 unspecified atom stereocenters. The molecule has 0 radical (unpaired) electrons. The van der Waals surface area contributed by atoms with Crippen molar-refractivity contribution < 1.29 is 4.79 Å². The minimum absolute atomic E-state index is 0.0814. The van der Waals surface area contributed by atoms with Gasteiger partial charge in [0.2, 0.25) is 0 Å². The number of hydrogen-bond donors (Lipinski definition) is 1. The second-order valence-corrected chi connectivity index (χ2v) is 5.83. The Morgan fingerprint density at radius 1 is 1.47 bits per heavy atom. The fraction of sp³-hybridized carbons (Fsp3) is 0.533. The SMILES string of the molecule is CNc1cc(C)ccc1C(=O)N(C)C(C)CCSC. The van der Waals surface area contributed by atoms with Gasteiger partial charge in [-0.1, -0.05) is 6.07 Å². The second kappa shape index (κ2) is 7.43. The summed E-state index contributed by atoms with van der Waals surface area (Å²) in [4.78, 5) is 14.4. The molecular formula is C15H24N2OS. The zero-order valence-electron chi connectivity index (χ0n) is 12.5. The summed E-state index contributed by atoms with van der Waals surface area (Å²) < 4.78 is 0. The molecule has 0 saturated carbocycles. The van der Waals surface area contributed by atoms with Crippen LogP contribution in [-0.4, -0.2) is 43.0 Å². The first-order valence-electron chi connectivity index (χ1n) is 6.55. The van der Waals surface area contributed by atoms with Crippen LogP contribution in [0.1, 0.15) is 29.3 Å². The smallest absolute Gasteiger partial charge is 0.255 e. The molecule has 1 aromatic rings. The zero-order chi connectivity index (χ0) is 14.4. The molecule has 19 heavy (non-hydrogen) atoms. The fourth-order valence-electron chi connectivity index (χ4n) is 1.92. The summed E-state index contributed by atoms with van der Waals surface area (Å²) in [5.41, 5.74) is 2.79. The molecule has 0 aliphatic carbocycles. The molecule has 0 aliphatic heterocycles. The van der Waals surface area contributed by atoms with Crippen LogP contribution < -0.4 is 5.32 Å². The Bertz CT molecular complexity index is 434. The molecule has 0 heterocycles. The number of carbonyl (C=O) groups excluding carboxylic acids is 1. The molecule has 4 heteroatoms. The van der Waals surface area contributed by atoms with E-state index in [0.29, 0.717) is 0 Å². The van der Waals surface area contributed by atoms with E-state index < -0.39 is 0 Å². The number of aryl methyl sites for hydroxylation is 1. The topological polar surface area (TPSA) is 32.3 Å². The number of hydrogen-bond acceptors (Lipinski definition) is 3. The number of thioether (sulfide) groups is 1. The van der Waals surface area contributed by atoms with E-state index in [0.717, 1.165) is 29.0 Å². The summed E-state index contributed by atoms with van der Waals surface area (Å²) in [6.07, 6.45) is 3.11. The van der Waals surface area contributed by atoms with E-state index in [9.17, 15) is 4.79 Å². The van der Waals surface area contributed by atoms with Gasteiger partial charge in [-0.25, -0.2) is 0 Å². The molecule has 0 saturated heterocycles. The summed E-state index contributed by atoms with van der Waals surface area (Å²) >= 11 is 1.81. The predicted molar refractivity (Wildman–Crippen MR) is 85.3 cm³/mol. The summed E-state index contributed by atoms with van der Waals surface area (Å²) in [6, 6.07) is 6.15. The fourth-order valence-corrected chi connectivity index (χ4v) is 2.50. The molecule has 3 nitrogen and oxygen atoms in total. The predicted octanol–water partition coefficient (Wildman–Crippen LogP) is 3.25. The summed E-state index contributed by atoms with van der Waals surface area (Å²) in [6.45, 7) is 4.13. The molecule has 0 spiro atoms. The number of amides is 1. The average molecular weight is 280 g/mol. The van der Waals surface area contributed by atoms with Crippen molar-refractivity contribution in [3.63, 3.8) is 0 Å². The van der Waals surface area contributed by atoms with Gasteiger partial charge in [0.05, 0.1) is 5.56 Å². The van der Waals surface area contributed by atoms with E-state index in [1.54, 1.807) is 0 Å². The maximum absolute atomic E-state index is 12.5. The number of benzene rings is 1. The highest BCUT2D eigenvalue weighted by Crippen LogP contribution is 2.20. The molecule has 0 aliphatic rings. The van der Waals surface area contributed by atoms with Gasteiger partial charge < -0.3 is 10.2 Å². The maximum Gasteiger partial charge on any atom is 0.255 e. The first kappa shape index (κ1) is 15.9. The average Bonchev–Trinajstić information content (AvgIpc) is 2.42. The molecular weight excluding hydrogens is 256 g/mol. The Balaban J connectivity index is 2.87. The Kier molecular flexibility index (Phi) is 6.22. The van der Waals surface area contributed by atoms with Crippen molar-refractivity contribution in [2.75, 3.05) is 31.4 Å². The normalized spacial score (nSPS) is 12.1. The van der Waals surface area contributed by atoms with Gasteiger partial charge in [-0.05, 0) is 50.0 Å². The van der Waals surface area contributed by atoms with Crippen molar-refractivity contribution in [1.82, 2.24) is 4.90 Å². The first-order chi connectivity index (χ1) is 9.01. The monoisotopic (exact) mass is 280 g/mol. The lowest BCUT2D eigenvalue weighted by atomic mass is 10.1. The van der Waals surface area contributed by atoms with Gasteiger partial charge in [0.25, 0.3) is 5.91 Å². The van der Waals surface area contributed by atoms with Gasteiger partial charge in [-0.3, -0.25) is 4.79 Å². The second-order valence-electron chi connectivity index (χ2n) is 4.85. The van der Waals surface area contributed by atoms with Crippen molar-refractivity contribution in [3.05, 3.63) is 29.3 Å². The molecule has 0 bridgehead atoms. The minimum atomic E-state index is 0.0814. The number of rotatable bonds is 6. The van der Waals surface area contributed by atoms with Crippen LogP contribution in [-0.2, 0) is 0 Å². The summed E-state index contributed by atoms with van der Waals surface area (Å²) in [7, 11) is 3.73. The summed E-state index contributed by atoms with van der Waals surface area (Å²) in [5, 5.41) is 3.10. The number of nitrogens with zero attached hydrogens (tertiary/aromatic N) is 1. The van der Waals surface area contributed by atoms with E-state index in [4.69, 9.17) is 0 Å².